The average molecular weight is 324 g/mol. The van der Waals surface area contributed by atoms with Crippen LogP contribution in [0.15, 0.2) is 53.4 Å². The van der Waals surface area contributed by atoms with Crippen molar-refractivity contribution in [2.75, 3.05) is 29.4 Å². The van der Waals surface area contributed by atoms with Gasteiger partial charge in [-0.25, -0.2) is 0 Å². The smallest absolute Gasteiger partial charge is 0.246 e. The van der Waals surface area contributed by atoms with Gasteiger partial charge < -0.3 is 9.80 Å². The van der Waals surface area contributed by atoms with Crippen molar-refractivity contribution < 1.29 is 4.79 Å². The Hall–Kier alpha value is -1.94. The normalized spacial score (nSPS) is 19.4. The molecule has 1 amide bonds. The summed E-state index contributed by atoms with van der Waals surface area (Å²) < 4.78 is 0. The Morgan fingerprint density at radius 2 is 1.87 bits per heavy atom. The molecule has 0 N–H and O–H groups in total. The van der Waals surface area contributed by atoms with E-state index in [-0.39, 0.29) is 5.91 Å². The highest BCUT2D eigenvalue weighted by molar-refractivity contribution is 8.00. The largest absolute Gasteiger partial charge is 0.360 e. The number of rotatable bonds is 2. The lowest BCUT2D eigenvalue weighted by Gasteiger charge is -2.34. The van der Waals surface area contributed by atoms with Crippen LogP contribution in [0.5, 0.6) is 0 Å². The van der Waals surface area contributed by atoms with Crippen LogP contribution in [0, 0.1) is 0 Å². The predicted octanol–water partition coefficient (Wildman–Crippen LogP) is 3.58. The van der Waals surface area contributed by atoms with Crippen molar-refractivity contribution >= 4 is 29.0 Å². The van der Waals surface area contributed by atoms with Crippen molar-refractivity contribution in [1.82, 2.24) is 0 Å². The van der Waals surface area contributed by atoms with Gasteiger partial charge >= 0.3 is 0 Å². The zero-order valence-electron chi connectivity index (χ0n) is 13.2. The molecule has 118 valence electrons. The van der Waals surface area contributed by atoms with Crippen LogP contribution in [0.1, 0.15) is 12.5 Å². The van der Waals surface area contributed by atoms with Crippen LogP contribution in [0.2, 0.25) is 0 Å². The molecule has 2 aromatic rings. The highest BCUT2D eigenvalue weighted by atomic mass is 32.2. The van der Waals surface area contributed by atoms with Gasteiger partial charge in [0.1, 0.15) is 0 Å². The molecule has 1 atom stereocenters. The highest BCUT2D eigenvalue weighted by Gasteiger charge is 2.28. The second kappa shape index (κ2) is 5.93. The van der Waals surface area contributed by atoms with Gasteiger partial charge in [-0.05, 0) is 30.2 Å². The van der Waals surface area contributed by atoms with Crippen molar-refractivity contribution in [2.45, 2.75) is 23.5 Å². The van der Waals surface area contributed by atoms with E-state index in [4.69, 9.17) is 0 Å². The first-order valence-electron chi connectivity index (χ1n) is 8.11. The fourth-order valence-electron chi connectivity index (χ4n) is 3.48. The van der Waals surface area contributed by atoms with Crippen molar-refractivity contribution in [3.05, 3.63) is 54.1 Å². The first-order chi connectivity index (χ1) is 11.2. The van der Waals surface area contributed by atoms with E-state index < -0.39 is 0 Å². The third-order valence-corrected chi connectivity index (χ3v) is 5.68. The summed E-state index contributed by atoms with van der Waals surface area (Å²) in [5.74, 6) is 0.198. The van der Waals surface area contributed by atoms with Crippen LogP contribution in [0.3, 0.4) is 0 Å². The Balaban J connectivity index is 1.56. The van der Waals surface area contributed by atoms with E-state index in [0.717, 1.165) is 25.2 Å². The molecule has 2 aliphatic heterocycles. The van der Waals surface area contributed by atoms with Gasteiger partial charge in [0.2, 0.25) is 5.91 Å². The molecule has 0 saturated carbocycles. The number of anilines is 2. The molecule has 0 radical (unpaired) electrons. The Kier molecular flexibility index (Phi) is 3.77. The van der Waals surface area contributed by atoms with Crippen molar-refractivity contribution in [3.63, 3.8) is 0 Å². The molecule has 2 aromatic carbocycles. The van der Waals surface area contributed by atoms with Gasteiger partial charge in [-0.15, -0.1) is 11.8 Å². The van der Waals surface area contributed by atoms with Crippen molar-refractivity contribution in [1.29, 1.82) is 0 Å². The summed E-state index contributed by atoms with van der Waals surface area (Å²) in [6, 6.07) is 16.6. The maximum absolute atomic E-state index is 12.9. The summed E-state index contributed by atoms with van der Waals surface area (Å²) in [7, 11) is 0. The lowest BCUT2D eigenvalue weighted by molar-refractivity contribution is -0.117. The summed E-state index contributed by atoms with van der Waals surface area (Å²) in [5.41, 5.74) is 3.56. The Morgan fingerprint density at radius 3 is 2.74 bits per heavy atom. The Bertz CT molecular complexity index is 746. The predicted molar refractivity (Wildman–Crippen MR) is 96.5 cm³/mol. The molecule has 23 heavy (non-hydrogen) atoms. The molecule has 3 nitrogen and oxygen atoms in total. The van der Waals surface area contributed by atoms with Crippen LogP contribution in [0.4, 0.5) is 11.4 Å². The molecule has 0 bridgehead atoms. The number of nitrogens with zero attached hydrogens (tertiary/aromatic N) is 2. The zero-order chi connectivity index (χ0) is 15.8. The highest BCUT2D eigenvalue weighted by Crippen LogP contribution is 2.38. The number of para-hydroxylation sites is 2. The van der Waals surface area contributed by atoms with Crippen LogP contribution in [-0.2, 0) is 11.2 Å². The molecule has 4 heteroatoms. The van der Waals surface area contributed by atoms with Gasteiger partial charge in [0, 0.05) is 28.9 Å². The summed E-state index contributed by atoms with van der Waals surface area (Å²) in [4.78, 5) is 18.3. The molecular formula is C19H20N2OS. The van der Waals surface area contributed by atoms with Gasteiger partial charge in [0.05, 0.1) is 12.2 Å². The standard InChI is InChI=1S/C19H20N2OS/c1-14-12-20(17-8-4-5-9-18(17)23-14)13-19(22)21-11-10-15-6-2-3-7-16(15)21/h2-9,14H,10-13H2,1H3. The van der Waals surface area contributed by atoms with E-state index in [0.29, 0.717) is 11.8 Å². The minimum absolute atomic E-state index is 0.198. The van der Waals surface area contributed by atoms with Gasteiger partial charge in [0.25, 0.3) is 0 Å². The molecule has 1 unspecified atom stereocenters. The third kappa shape index (κ3) is 2.72. The van der Waals surface area contributed by atoms with Gasteiger partial charge in [0.15, 0.2) is 0 Å². The summed E-state index contributed by atoms with van der Waals surface area (Å²) in [5, 5.41) is 0.503. The summed E-state index contributed by atoms with van der Waals surface area (Å²) in [6.45, 7) is 4.40. The number of amides is 1. The first-order valence-corrected chi connectivity index (χ1v) is 8.99. The van der Waals surface area contributed by atoms with Crippen LogP contribution < -0.4 is 9.80 Å². The van der Waals surface area contributed by atoms with Crippen LogP contribution >= 0.6 is 11.8 Å². The molecule has 2 heterocycles. The third-order valence-electron chi connectivity index (χ3n) is 4.53. The van der Waals surface area contributed by atoms with Crippen molar-refractivity contribution in [3.8, 4) is 0 Å². The number of carbonyl (C=O) groups excluding carboxylic acids is 1. The monoisotopic (exact) mass is 324 g/mol. The van der Waals surface area contributed by atoms with E-state index >= 15 is 0 Å². The molecule has 2 aliphatic rings. The van der Waals surface area contributed by atoms with E-state index in [9.17, 15) is 4.79 Å². The number of carbonyl (C=O) groups is 1. The number of hydrogen-bond acceptors (Lipinski definition) is 3. The minimum atomic E-state index is 0.198. The van der Waals surface area contributed by atoms with Crippen LogP contribution in [-0.4, -0.2) is 30.8 Å². The first kappa shape index (κ1) is 14.6. The Labute approximate surface area is 141 Å². The van der Waals surface area contributed by atoms with Crippen molar-refractivity contribution in [2.24, 2.45) is 0 Å². The minimum Gasteiger partial charge on any atom is -0.360 e. The maximum atomic E-state index is 12.9. The fourth-order valence-corrected chi connectivity index (χ4v) is 4.64. The molecule has 0 saturated heterocycles. The second-order valence-corrected chi connectivity index (χ2v) is 7.68. The van der Waals surface area contributed by atoms with E-state index in [1.165, 1.54) is 16.1 Å². The molecule has 0 spiro atoms. The second-order valence-electron chi connectivity index (χ2n) is 6.20. The number of hydrogen-bond donors (Lipinski definition) is 0. The van der Waals surface area contributed by atoms with E-state index in [1.54, 1.807) is 0 Å². The van der Waals surface area contributed by atoms with Gasteiger partial charge in [-0.2, -0.15) is 0 Å². The molecule has 0 fully saturated rings. The number of thioether (sulfide) groups is 1. The van der Waals surface area contributed by atoms with Gasteiger partial charge in [-0.1, -0.05) is 37.3 Å². The van der Waals surface area contributed by atoms with Gasteiger partial charge in [-0.3, -0.25) is 4.79 Å². The van der Waals surface area contributed by atoms with E-state index in [1.807, 2.05) is 28.8 Å². The maximum Gasteiger partial charge on any atom is 0.246 e. The molecule has 4 rings (SSSR count). The van der Waals surface area contributed by atoms with Crippen LogP contribution in [0.25, 0.3) is 0 Å². The molecule has 0 aromatic heterocycles. The zero-order valence-corrected chi connectivity index (χ0v) is 14.1. The fraction of sp³-hybridized carbons (Fsp3) is 0.316. The summed E-state index contributed by atoms with van der Waals surface area (Å²) >= 11 is 1.90. The molecular weight excluding hydrogens is 304 g/mol. The molecule has 0 aliphatic carbocycles. The number of benzene rings is 2. The lowest BCUT2D eigenvalue weighted by atomic mass is 10.2. The quantitative estimate of drug-likeness (QED) is 0.844. The Morgan fingerprint density at radius 1 is 1.13 bits per heavy atom. The van der Waals surface area contributed by atoms with E-state index in [2.05, 4.69) is 48.2 Å². The topological polar surface area (TPSA) is 23.6 Å². The SMILES string of the molecule is CC1CN(CC(=O)N2CCc3ccccc32)c2ccccc2S1. The summed E-state index contributed by atoms with van der Waals surface area (Å²) in [6.07, 6.45) is 0.963. The lowest BCUT2D eigenvalue weighted by Crippen LogP contribution is -2.43. The number of fused-ring (bicyclic) bond motifs is 2. The average Bonchev–Trinajstić information content (AvgIpc) is 2.99.